The Morgan fingerprint density at radius 3 is 2.58 bits per heavy atom. The highest BCUT2D eigenvalue weighted by atomic mass is 32.1. The standard InChI is InChI=1S/C23H28N4O3S/c1-3-14-27(16-22(29)25-17-8-4-6-10-19(17)30-2)15-21(28)24-13-12-23-26-18-9-5-7-11-20(18)31-23/h4-11H,3,12-16H2,1-2H3,(H,24,28)(H,25,29). The van der Waals surface area contributed by atoms with Crippen molar-refractivity contribution in [2.45, 2.75) is 19.8 Å². The van der Waals surface area contributed by atoms with Gasteiger partial charge in [-0.2, -0.15) is 0 Å². The van der Waals surface area contributed by atoms with E-state index in [0.717, 1.165) is 21.6 Å². The maximum absolute atomic E-state index is 12.5. The van der Waals surface area contributed by atoms with Crippen LogP contribution >= 0.6 is 11.3 Å². The number of anilines is 1. The third-order valence-corrected chi connectivity index (χ3v) is 5.75. The minimum Gasteiger partial charge on any atom is -0.495 e. The number of para-hydroxylation sites is 3. The van der Waals surface area contributed by atoms with Crippen molar-refractivity contribution >= 4 is 39.1 Å². The minimum atomic E-state index is -0.180. The minimum absolute atomic E-state index is 0.0975. The molecule has 0 fully saturated rings. The second-order valence-electron chi connectivity index (χ2n) is 7.13. The number of ether oxygens (including phenoxy) is 1. The first-order valence-electron chi connectivity index (χ1n) is 10.4. The summed E-state index contributed by atoms with van der Waals surface area (Å²) in [4.78, 5) is 31.3. The molecule has 0 aliphatic heterocycles. The number of benzene rings is 2. The van der Waals surface area contributed by atoms with Gasteiger partial charge in [0, 0.05) is 13.0 Å². The molecule has 0 spiro atoms. The fraction of sp³-hybridized carbons (Fsp3) is 0.348. The van der Waals surface area contributed by atoms with Gasteiger partial charge in [-0.25, -0.2) is 4.98 Å². The largest absolute Gasteiger partial charge is 0.495 e. The van der Waals surface area contributed by atoms with Crippen LogP contribution in [0, 0.1) is 0 Å². The van der Waals surface area contributed by atoms with Crippen LogP contribution in [0.1, 0.15) is 18.4 Å². The molecule has 3 aromatic rings. The van der Waals surface area contributed by atoms with Gasteiger partial charge in [-0.3, -0.25) is 14.5 Å². The monoisotopic (exact) mass is 440 g/mol. The van der Waals surface area contributed by atoms with Crippen LogP contribution in [-0.2, 0) is 16.0 Å². The summed E-state index contributed by atoms with van der Waals surface area (Å²) >= 11 is 1.65. The van der Waals surface area contributed by atoms with E-state index in [1.807, 2.05) is 48.2 Å². The molecule has 164 valence electrons. The second kappa shape index (κ2) is 11.4. The first kappa shape index (κ1) is 22.7. The smallest absolute Gasteiger partial charge is 0.238 e. The molecular weight excluding hydrogens is 412 g/mol. The lowest BCUT2D eigenvalue weighted by Crippen LogP contribution is -2.42. The molecule has 0 saturated carbocycles. The van der Waals surface area contributed by atoms with Crippen molar-refractivity contribution in [1.29, 1.82) is 0 Å². The van der Waals surface area contributed by atoms with E-state index in [1.165, 1.54) is 0 Å². The SMILES string of the molecule is CCCN(CC(=O)NCCc1nc2ccccc2s1)CC(=O)Nc1ccccc1OC. The average molecular weight is 441 g/mol. The molecule has 0 radical (unpaired) electrons. The summed E-state index contributed by atoms with van der Waals surface area (Å²) in [5.41, 5.74) is 1.61. The molecule has 3 rings (SSSR count). The van der Waals surface area contributed by atoms with Gasteiger partial charge in [0.2, 0.25) is 11.8 Å². The second-order valence-corrected chi connectivity index (χ2v) is 8.25. The van der Waals surface area contributed by atoms with Crippen molar-refractivity contribution < 1.29 is 14.3 Å². The highest BCUT2D eigenvalue weighted by Crippen LogP contribution is 2.23. The van der Waals surface area contributed by atoms with Crippen LogP contribution in [0.5, 0.6) is 5.75 Å². The van der Waals surface area contributed by atoms with Crippen LogP contribution in [0.15, 0.2) is 48.5 Å². The Balaban J connectivity index is 1.46. The quantitative estimate of drug-likeness (QED) is 0.478. The molecule has 0 unspecified atom stereocenters. The molecule has 1 aromatic heterocycles. The number of carbonyl (C=O) groups is 2. The van der Waals surface area contributed by atoms with E-state index < -0.39 is 0 Å². The van der Waals surface area contributed by atoms with E-state index in [0.29, 0.717) is 30.9 Å². The van der Waals surface area contributed by atoms with Gasteiger partial charge in [-0.15, -0.1) is 11.3 Å². The molecule has 0 aliphatic rings. The lowest BCUT2D eigenvalue weighted by molar-refractivity contribution is -0.123. The van der Waals surface area contributed by atoms with Crippen molar-refractivity contribution in [3.05, 3.63) is 53.5 Å². The van der Waals surface area contributed by atoms with Gasteiger partial charge in [0.25, 0.3) is 0 Å². The molecule has 2 aromatic carbocycles. The third-order valence-electron chi connectivity index (χ3n) is 4.65. The molecule has 2 N–H and O–H groups in total. The maximum Gasteiger partial charge on any atom is 0.238 e. The average Bonchev–Trinajstić information content (AvgIpc) is 3.17. The van der Waals surface area contributed by atoms with Gasteiger partial charge >= 0.3 is 0 Å². The molecular formula is C23H28N4O3S. The molecule has 0 saturated heterocycles. The molecule has 2 amide bonds. The molecule has 1 heterocycles. The van der Waals surface area contributed by atoms with E-state index in [9.17, 15) is 9.59 Å². The number of amides is 2. The number of fused-ring (bicyclic) bond motifs is 1. The van der Waals surface area contributed by atoms with E-state index >= 15 is 0 Å². The van der Waals surface area contributed by atoms with E-state index in [4.69, 9.17) is 4.74 Å². The normalized spacial score (nSPS) is 10.9. The molecule has 0 bridgehead atoms. The van der Waals surface area contributed by atoms with Gasteiger partial charge in [-0.1, -0.05) is 31.2 Å². The molecule has 31 heavy (non-hydrogen) atoms. The first-order valence-corrected chi connectivity index (χ1v) is 11.2. The summed E-state index contributed by atoms with van der Waals surface area (Å²) in [6.45, 7) is 3.51. The summed E-state index contributed by atoms with van der Waals surface area (Å²) < 4.78 is 6.42. The van der Waals surface area contributed by atoms with Crippen molar-refractivity contribution in [1.82, 2.24) is 15.2 Å². The fourth-order valence-electron chi connectivity index (χ4n) is 3.27. The Bertz CT molecular complexity index is 988. The van der Waals surface area contributed by atoms with Gasteiger partial charge < -0.3 is 15.4 Å². The van der Waals surface area contributed by atoms with Gasteiger partial charge in [0.05, 0.1) is 41.1 Å². The third kappa shape index (κ3) is 6.77. The summed E-state index contributed by atoms with van der Waals surface area (Å²) in [5, 5.41) is 6.80. The van der Waals surface area contributed by atoms with Crippen LogP contribution in [0.4, 0.5) is 5.69 Å². The number of hydrogen-bond donors (Lipinski definition) is 2. The Labute approximate surface area is 186 Å². The van der Waals surface area contributed by atoms with Crippen molar-refractivity contribution in [3.63, 3.8) is 0 Å². The van der Waals surface area contributed by atoms with Gasteiger partial charge in [0.1, 0.15) is 5.75 Å². The van der Waals surface area contributed by atoms with E-state index in [2.05, 4.69) is 15.6 Å². The van der Waals surface area contributed by atoms with E-state index in [-0.39, 0.29) is 24.9 Å². The predicted molar refractivity (Wildman–Crippen MR) is 125 cm³/mol. The zero-order chi connectivity index (χ0) is 22.1. The summed E-state index contributed by atoms with van der Waals surface area (Å²) in [7, 11) is 1.56. The number of thiazole rings is 1. The van der Waals surface area contributed by atoms with Crippen molar-refractivity contribution in [2.24, 2.45) is 0 Å². The van der Waals surface area contributed by atoms with Crippen molar-refractivity contribution in [3.8, 4) is 5.75 Å². The Morgan fingerprint density at radius 2 is 1.81 bits per heavy atom. The summed E-state index contributed by atoms with van der Waals surface area (Å²) in [5.74, 6) is 0.324. The highest BCUT2D eigenvalue weighted by Gasteiger charge is 2.15. The van der Waals surface area contributed by atoms with Crippen molar-refractivity contribution in [2.75, 3.05) is 38.6 Å². The molecule has 0 aliphatic carbocycles. The molecule has 0 atom stereocenters. The van der Waals surface area contributed by atoms with Crippen LogP contribution < -0.4 is 15.4 Å². The number of nitrogens with zero attached hydrogens (tertiary/aromatic N) is 2. The lowest BCUT2D eigenvalue weighted by atomic mass is 10.3. The number of hydrogen-bond acceptors (Lipinski definition) is 6. The van der Waals surface area contributed by atoms with Crippen LogP contribution in [-0.4, -0.2) is 55.0 Å². The zero-order valence-corrected chi connectivity index (χ0v) is 18.7. The zero-order valence-electron chi connectivity index (χ0n) is 17.9. The predicted octanol–water partition coefficient (Wildman–Crippen LogP) is 3.31. The highest BCUT2D eigenvalue weighted by molar-refractivity contribution is 7.18. The molecule has 7 nitrogen and oxygen atoms in total. The number of nitrogens with one attached hydrogen (secondary N) is 2. The molecule has 8 heteroatoms. The number of methoxy groups -OCH3 is 1. The number of aromatic nitrogens is 1. The van der Waals surface area contributed by atoms with Gasteiger partial charge in [0.15, 0.2) is 0 Å². The summed E-state index contributed by atoms with van der Waals surface area (Å²) in [6, 6.07) is 15.3. The van der Waals surface area contributed by atoms with Crippen LogP contribution in [0.3, 0.4) is 0 Å². The van der Waals surface area contributed by atoms with Crippen LogP contribution in [0.2, 0.25) is 0 Å². The summed E-state index contributed by atoms with van der Waals surface area (Å²) in [6.07, 6.45) is 1.54. The Morgan fingerprint density at radius 1 is 1.06 bits per heavy atom. The topological polar surface area (TPSA) is 83.6 Å². The number of rotatable bonds is 11. The fourth-order valence-corrected chi connectivity index (χ4v) is 4.23. The maximum atomic E-state index is 12.5. The van der Waals surface area contributed by atoms with E-state index in [1.54, 1.807) is 30.6 Å². The number of carbonyl (C=O) groups excluding carboxylic acids is 2. The first-order chi connectivity index (χ1) is 15.1. The Kier molecular flexibility index (Phi) is 8.37. The Hall–Kier alpha value is -2.97. The van der Waals surface area contributed by atoms with Gasteiger partial charge in [-0.05, 0) is 37.2 Å². The van der Waals surface area contributed by atoms with Crippen LogP contribution in [0.25, 0.3) is 10.2 Å². The lowest BCUT2D eigenvalue weighted by Gasteiger charge is -2.21.